The number of ether oxygens (including phenoxy) is 1. The molecule has 170 valence electrons. The quantitative estimate of drug-likeness (QED) is 0.366. The van der Waals surface area contributed by atoms with Gasteiger partial charge in [-0.25, -0.2) is 9.18 Å². The maximum Gasteiger partial charge on any atom is 0.339 e. The monoisotopic (exact) mass is 443 g/mol. The topological polar surface area (TPSA) is 93.0 Å². The van der Waals surface area contributed by atoms with Crippen LogP contribution in [0.3, 0.4) is 0 Å². The molecule has 0 radical (unpaired) electrons. The van der Waals surface area contributed by atoms with Crippen LogP contribution in [0.25, 0.3) is 0 Å². The van der Waals surface area contributed by atoms with Crippen LogP contribution in [0.15, 0.2) is 42.5 Å². The van der Waals surface area contributed by atoms with Crippen molar-refractivity contribution < 1.29 is 23.6 Å². The second kappa shape index (κ2) is 10.2. The van der Waals surface area contributed by atoms with E-state index in [4.69, 9.17) is 4.74 Å². The number of piperidine rings is 1. The average Bonchev–Trinajstić information content (AvgIpc) is 2.78. The molecule has 1 aliphatic rings. The van der Waals surface area contributed by atoms with Crippen LogP contribution in [0, 0.1) is 15.9 Å². The summed E-state index contributed by atoms with van der Waals surface area (Å²) in [4.78, 5) is 39.5. The predicted octanol–water partition coefficient (Wildman–Crippen LogP) is 3.93. The minimum Gasteiger partial charge on any atom is -0.449 e. The lowest BCUT2D eigenvalue weighted by molar-refractivity contribution is -0.384. The number of likely N-dealkylation sites (N-methyl/N-ethyl adjacent to an activating group) is 1. The molecule has 9 heteroatoms. The molecule has 0 N–H and O–H groups in total. The lowest BCUT2D eigenvalue weighted by atomic mass is 10.1. The van der Waals surface area contributed by atoms with E-state index < -0.39 is 28.7 Å². The van der Waals surface area contributed by atoms with Crippen LogP contribution in [-0.4, -0.2) is 47.9 Å². The van der Waals surface area contributed by atoms with E-state index in [1.807, 2.05) is 4.90 Å². The number of halogens is 1. The first-order valence-corrected chi connectivity index (χ1v) is 10.5. The highest BCUT2D eigenvalue weighted by molar-refractivity contribution is 5.93. The summed E-state index contributed by atoms with van der Waals surface area (Å²) in [6.07, 6.45) is 1.91. The molecule has 2 aromatic carbocycles. The van der Waals surface area contributed by atoms with E-state index in [0.29, 0.717) is 11.3 Å². The highest BCUT2D eigenvalue weighted by atomic mass is 19.1. The fourth-order valence-electron chi connectivity index (χ4n) is 3.78. The van der Waals surface area contributed by atoms with Crippen molar-refractivity contribution in [2.45, 2.75) is 38.8 Å². The Morgan fingerprint density at radius 1 is 1.19 bits per heavy atom. The van der Waals surface area contributed by atoms with Crippen molar-refractivity contribution >= 4 is 23.3 Å². The first kappa shape index (κ1) is 23.2. The minimum absolute atomic E-state index is 0.00453. The second-order valence-electron chi connectivity index (χ2n) is 7.88. The summed E-state index contributed by atoms with van der Waals surface area (Å²) < 4.78 is 18.6. The summed E-state index contributed by atoms with van der Waals surface area (Å²) in [6.45, 7) is 3.04. The fraction of sp³-hybridized carbons (Fsp3) is 0.391. The Bertz CT molecular complexity index is 1010. The van der Waals surface area contributed by atoms with Crippen molar-refractivity contribution in [2.75, 3.05) is 25.0 Å². The largest absolute Gasteiger partial charge is 0.449 e. The number of hydrogen-bond donors (Lipinski definition) is 0. The van der Waals surface area contributed by atoms with Gasteiger partial charge < -0.3 is 14.5 Å². The number of esters is 1. The van der Waals surface area contributed by atoms with Gasteiger partial charge in [0.15, 0.2) is 6.10 Å². The van der Waals surface area contributed by atoms with Crippen LogP contribution >= 0.6 is 0 Å². The SMILES string of the molecule is C[C@@H](OC(=O)c1ccc(N2CCCCC2)c([N+](=O)[O-])c1)C(=O)N(C)Cc1cccc(F)c1. The minimum atomic E-state index is -1.11. The average molecular weight is 443 g/mol. The summed E-state index contributed by atoms with van der Waals surface area (Å²) in [7, 11) is 1.52. The molecule has 1 aliphatic heterocycles. The maximum atomic E-state index is 13.3. The number of nitrogens with zero attached hydrogens (tertiary/aromatic N) is 3. The van der Waals surface area contributed by atoms with Gasteiger partial charge in [0.05, 0.1) is 10.5 Å². The van der Waals surface area contributed by atoms with E-state index in [-0.39, 0.29) is 17.8 Å². The van der Waals surface area contributed by atoms with Gasteiger partial charge in [-0.15, -0.1) is 0 Å². The Kier molecular flexibility index (Phi) is 7.40. The zero-order chi connectivity index (χ0) is 23.3. The molecule has 2 aromatic rings. The van der Waals surface area contributed by atoms with Crippen LogP contribution in [0.5, 0.6) is 0 Å². The smallest absolute Gasteiger partial charge is 0.339 e. The molecule has 0 spiro atoms. The second-order valence-corrected chi connectivity index (χ2v) is 7.88. The normalized spacial score (nSPS) is 14.5. The first-order valence-electron chi connectivity index (χ1n) is 10.5. The lowest BCUT2D eigenvalue weighted by Gasteiger charge is -2.28. The Morgan fingerprint density at radius 2 is 1.91 bits per heavy atom. The Morgan fingerprint density at radius 3 is 2.56 bits per heavy atom. The van der Waals surface area contributed by atoms with Gasteiger partial charge in [-0.3, -0.25) is 14.9 Å². The van der Waals surface area contributed by atoms with Gasteiger partial charge in [0.1, 0.15) is 11.5 Å². The molecule has 0 aliphatic carbocycles. The van der Waals surface area contributed by atoms with E-state index in [1.165, 1.54) is 43.1 Å². The van der Waals surface area contributed by atoms with Crippen LogP contribution < -0.4 is 4.90 Å². The fourth-order valence-corrected chi connectivity index (χ4v) is 3.78. The van der Waals surface area contributed by atoms with Crippen molar-refractivity contribution in [3.63, 3.8) is 0 Å². The van der Waals surface area contributed by atoms with Crippen molar-refractivity contribution in [3.8, 4) is 0 Å². The van der Waals surface area contributed by atoms with Gasteiger partial charge in [0.2, 0.25) is 0 Å². The zero-order valence-corrected chi connectivity index (χ0v) is 18.1. The van der Waals surface area contributed by atoms with Crippen LogP contribution in [0.2, 0.25) is 0 Å². The third-order valence-corrected chi connectivity index (χ3v) is 5.42. The van der Waals surface area contributed by atoms with E-state index in [2.05, 4.69) is 0 Å². The molecule has 0 bridgehead atoms. The number of carbonyl (C=O) groups excluding carboxylic acids is 2. The van der Waals surface area contributed by atoms with Gasteiger partial charge >= 0.3 is 5.97 Å². The molecular weight excluding hydrogens is 417 g/mol. The number of amides is 1. The number of carbonyl (C=O) groups is 2. The van der Waals surface area contributed by atoms with Crippen LogP contribution in [0.4, 0.5) is 15.8 Å². The number of nitro benzene ring substituents is 1. The van der Waals surface area contributed by atoms with E-state index in [9.17, 15) is 24.1 Å². The molecule has 32 heavy (non-hydrogen) atoms. The first-order chi connectivity index (χ1) is 15.3. The third-order valence-electron chi connectivity index (χ3n) is 5.42. The number of benzene rings is 2. The zero-order valence-electron chi connectivity index (χ0n) is 18.1. The highest BCUT2D eigenvalue weighted by Crippen LogP contribution is 2.31. The van der Waals surface area contributed by atoms with E-state index in [1.54, 1.807) is 18.2 Å². The summed E-state index contributed by atoms with van der Waals surface area (Å²) >= 11 is 0. The maximum absolute atomic E-state index is 13.3. The van der Waals surface area contributed by atoms with Gasteiger partial charge in [-0.1, -0.05) is 12.1 Å². The van der Waals surface area contributed by atoms with Gasteiger partial charge in [0, 0.05) is 32.7 Å². The molecule has 0 unspecified atom stereocenters. The van der Waals surface area contributed by atoms with Crippen molar-refractivity contribution in [1.29, 1.82) is 0 Å². The Labute approximate surface area is 185 Å². The number of rotatable bonds is 7. The summed E-state index contributed by atoms with van der Waals surface area (Å²) in [5.41, 5.74) is 0.918. The summed E-state index contributed by atoms with van der Waals surface area (Å²) in [5.74, 6) is -1.70. The Balaban J connectivity index is 1.68. The standard InChI is InChI=1S/C23H26FN3O5/c1-16(22(28)25(2)15-17-7-6-8-19(24)13-17)32-23(29)18-9-10-20(21(14-18)27(30)31)26-11-4-3-5-12-26/h6-10,13-14,16H,3-5,11-12,15H2,1-2H3/t16-/m1/s1. The molecule has 1 amide bonds. The van der Waals surface area contributed by atoms with E-state index >= 15 is 0 Å². The third kappa shape index (κ3) is 5.60. The molecule has 1 atom stereocenters. The molecule has 3 rings (SSSR count). The van der Waals surface area contributed by atoms with Gasteiger partial charge in [-0.05, 0) is 56.0 Å². The number of hydrogen-bond acceptors (Lipinski definition) is 6. The molecule has 0 aromatic heterocycles. The summed E-state index contributed by atoms with van der Waals surface area (Å²) in [5, 5.41) is 11.6. The molecule has 8 nitrogen and oxygen atoms in total. The summed E-state index contributed by atoms with van der Waals surface area (Å²) in [6, 6.07) is 10.1. The van der Waals surface area contributed by atoms with Gasteiger partial charge in [0.25, 0.3) is 11.6 Å². The van der Waals surface area contributed by atoms with Crippen LogP contribution in [-0.2, 0) is 16.1 Å². The molecule has 1 fully saturated rings. The molecular formula is C23H26FN3O5. The number of nitro groups is 1. The van der Waals surface area contributed by atoms with Crippen LogP contribution in [0.1, 0.15) is 42.1 Å². The van der Waals surface area contributed by atoms with Crippen molar-refractivity contribution in [2.24, 2.45) is 0 Å². The number of anilines is 1. The van der Waals surface area contributed by atoms with Crippen molar-refractivity contribution in [3.05, 3.63) is 69.5 Å². The van der Waals surface area contributed by atoms with Gasteiger partial charge in [-0.2, -0.15) is 0 Å². The predicted molar refractivity (Wildman–Crippen MR) is 117 cm³/mol. The lowest BCUT2D eigenvalue weighted by Crippen LogP contribution is -2.37. The molecule has 0 saturated carbocycles. The van der Waals surface area contributed by atoms with Crippen molar-refractivity contribution in [1.82, 2.24) is 4.90 Å². The Hall–Kier alpha value is -3.49. The highest BCUT2D eigenvalue weighted by Gasteiger charge is 2.26. The molecule has 1 heterocycles. The van der Waals surface area contributed by atoms with E-state index in [0.717, 1.165) is 32.4 Å². The molecule has 1 saturated heterocycles.